The summed E-state index contributed by atoms with van der Waals surface area (Å²) in [6.07, 6.45) is 5.74. The molecule has 144 valence electrons. The number of carbonyl (C=O) groups is 2. The minimum absolute atomic E-state index is 0.212. The van der Waals surface area contributed by atoms with Gasteiger partial charge in [-0.15, -0.1) is 0 Å². The Bertz CT molecular complexity index is 1130. The van der Waals surface area contributed by atoms with Gasteiger partial charge in [0.05, 0.1) is 17.3 Å². The van der Waals surface area contributed by atoms with Gasteiger partial charge in [0.1, 0.15) is 17.4 Å². The zero-order valence-electron chi connectivity index (χ0n) is 14.8. The van der Waals surface area contributed by atoms with E-state index in [1.165, 1.54) is 36.9 Å². The number of aromatic nitrogens is 2. The van der Waals surface area contributed by atoms with E-state index in [2.05, 4.69) is 9.97 Å². The number of hydrogen-bond acceptors (Lipinski definition) is 5. The SMILES string of the molecule is O=C1C(=O)N(c2ccc(F)cc2F)C(c2ccncc2)/C1=C(\O)c1ccncc1. The molecule has 0 radical (unpaired) electrons. The summed E-state index contributed by atoms with van der Waals surface area (Å²) in [5.41, 5.74) is 0.218. The van der Waals surface area contributed by atoms with Crippen LogP contribution in [0.2, 0.25) is 0 Å². The Balaban J connectivity index is 1.97. The molecule has 6 nitrogen and oxygen atoms in total. The van der Waals surface area contributed by atoms with Crippen LogP contribution >= 0.6 is 0 Å². The van der Waals surface area contributed by atoms with E-state index in [9.17, 15) is 23.5 Å². The molecule has 1 aliphatic rings. The van der Waals surface area contributed by atoms with Crippen molar-refractivity contribution in [3.05, 3.63) is 95.6 Å². The fourth-order valence-electron chi connectivity index (χ4n) is 3.28. The molecule has 1 saturated heterocycles. The molecular formula is C21H13F2N3O3. The van der Waals surface area contributed by atoms with Crippen LogP contribution in [0.5, 0.6) is 0 Å². The molecule has 3 heterocycles. The van der Waals surface area contributed by atoms with E-state index in [4.69, 9.17) is 0 Å². The number of nitrogens with zero attached hydrogens (tertiary/aromatic N) is 3. The van der Waals surface area contributed by atoms with E-state index in [-0.39, 0.29) is 16.8 Å². The lowest BCUT2D eigenvalue weighted by molar-refractivity contribution is -0.132. The summed E-state index contributed by atoms with van der Waals surface area (Å²) in [7, 11) is 0. The van der Waals surface area contributed by atoms with E-state index in [1.54, 1.807) is 12.1 Å². The third kappa shape index (κ3) is 3.14. The van der Waals surface area contributed by atoms with Crippen LogP contribution in [-0.2, 0) is 9.59 Å². The van der Waals surface area contributed by atoms with Crippen LogP contribution in [0.4, 0.5) is 14.5 Å². The lowest BCUT2D eigenvalue weighted by Crippen LogP contribution is -2.30. The second kappa shape index (κ2) is 7.23. The largest absolute Gasteiger partial charge is 0.507 e. The third-order valence-corrected chi connectivity index (χ3v) is 4.59. The molecular weight excluding hydrogens is 380 g/mol. The van der Waals surface area contributed by atoms with Crippen molar-refractivity contribution >= 4 is 23.1 Å². The Morgan fingerprint density at radius 3 is 2.17 bits per heavy atom. The van der Waals surface area contributed by atoms with Gasteiger partial charge >= 0.3 is 0 Å². The van der Waals surface area contributed by atoms with Gasteiger partial charge in [0, 0.05) is 36.4 Å². The summed E-state index contributed by atoms with van der Waals surface area (Å²) in [6.45, 7) is 0. The summed E-state index contributed by atoms with van der Waals surface area (Å²) >= 11 is 0. The smallest absolute Gasteiger partial charge is 0.300 e. The summed E-state index contributed by atoms with van der Waals surface area (Å²) in [4.78, 5) is 34.3. The van der Waals surface area contributed by atoms with Crippen LogP contribution in [0.3, 0.4) is 0 Å². The van der Waals surface area contributed by atoms with Crippen molar-refractivity contribution in [3.63, 3.8) is 0 Å². The van der Waals surface area contributed by atoms with Gasteiger partial charge in [-0.25, -0.2) is 8.78 Å². The van der Waals surface area contributed by atoms with Gasteiger partial charge < -0.3 is 5.11 Å². The topological polar surface area (TPSA) is 83.4 Å². The number of rotatable bonds is 3. The molecule has 2 aromatic heterocycles. The normalized spacial score (nSPS) is 18.3. The number of ketones is 1. The van der Waals surface area contributed by atoms with Crippen LogP contribution in [0.25, 0.3) is 5.76 Å². The van der Waals surface area contributed by atoms with Crippen LogP contribution in [0.1, 0.15) is 17.2 Å². The highest BCUT2D eigenvalue weighted by molar-refractivity contribution is 6.51. The molecule has 0 saturated carbocycles. The standard InChI is InChI=1S/C21H13F2N3O3/c22-14-1-2-16(15(23)11-14)26-18(12-3-7-24-8-4-12)17(20(28)21(26)29)19(27)13-5-9-25-10-6-13/h1-11,18,27H/b19-17+. The van der Waals surface area contributed by atoms with Crippen molar-refractivity contribution < 1.29 is 23.5 Å². The van der Waals surface area contributed by atoms with Crippen LogP contribution in [-0.4, -0.2) is 26.8 Å². The maximum Gasteiger partial charge on any atom is 0.300 e. The van der Waals surface area contributed by atoms with Crippen molar-refractivity contribution in [1.82, 2.24) is 9.97 Å². The molecule has 1 aromatic carbocycles. The highest BCUT2D eigenvalue weighted by atomic mass is 19.1. The molecule has 1 aliphatic heterocycles. The van der Waals surface area contributed by atoms with E-state index < -0.39 is 35.1 Å². The molecule has 4 rings (SSSR count). The highest BCUT2D eigenvalue weighted by Gasteiger charge is 2.47. The molecule has 1 amide bonds. The van der Waals surface area contributed by atoms with Crippen molar-refractivity contribution in [2.45, 2.75) is 6.04 Å². The maximum atomic E-state index is 14.5. The van der Waals surface area contributed by atoms with Gasteiger partial charge in [-0.2, -0.15) is 0 Å². The fourth-order valence-corrected chi connectivity index (χ4v) is 3.28. The molecule has 0 aliphatic carbocycles. The summed E-state index contributed by atoms with van der Waals surface area (Å²) in [6, 6.07) is 7.62. The first-order chi connectivity index (χ1) is 14.0. The van der Waals surface area contributed by atoms with Crippen molar-refractivity contribution in [2.75, 3.05) is 4.90 Å². The minimum atomic E-state index is -1.12. The second-order valence-corrected chi connectivity index (χ2v) is 6.28. The number of benzene rings is 1. The zero-order valence-corrected chi connectivity index (χ0v) is 14.8. The minimum Gasteiger partial charge on any atom is -0.507 e. The molecule has 8 heteroatoms. The molecule has 0 spiro atoms. The third-order valence-electron chi connectivity index (χ3n) is 4.59. The molecule has 1 fully saturated rings. The van der Waals surface area contributed by atoms with Gasteiger partial charge in [-0.1, -0.05) is 0 Å². The lowest BCUT2D eigenvalue weighted by Gasteiger charge is -2.25. The first-order valence-corrected chi connectivity index (χ1v) is 8.55. The number of halogens is 2. The molecule has 3 aromatic rings. The van der Waals surface area contributed by atoms with E-state index in [0.29, 0.717) is 11.6 Å². The maximum absolute atomic E-state index is 14.5. The van der Waals surface area contributed by atoms with Gasteiger partial charge in [0.2, 0.25) is 0 Å². The van der Waals surface area contributed by atoms with Gasteiger partial charge in [0.25, 0.3) is 11.7 Å². The monoisotopic (exact) mass is 393 g/mol. The van der Waals surface area contributed by atoms with Gasteiger partial charge in [0.15, 0.2) is 0 Å². The molecule has 1 atom stereocenters. The number of carbonyl (C=O) groups excluding carboxylic acids is 2. The number of hydrogen-bond donors (Lipinski definition) is 1. The molecule has 1 unspecified atom stereocenters. The summed E-state index contributed by atoms with van der Waals surface area (Å²) in [5.74, 6) is -4.26. The number of Topliss-reactive ketones (excluding diaryl/α,β-unsaturated/α-hetero) is 1. The second-order valence-electron chi connectivity index (χ2n) is 6.28. The van der Waals surface area contributed by atoms with Crippen LogP contribution in [0.15, 0.2) is 72.8 Å². The Morgan fingerprint density at radius 1 is 0.931 bits per heavy atom. The van der Waals surface area contributed by atoms with E-state index >= 15 is 0 Å². The Labute approximate surface area is 163 Å². The fraction of sp³-hybridized carbons (Fsp3) is 0.0476. The number of pyridine rings is 2. The van der Waals surface area contributed by atoms with Crippen LogP contribution in [0, 0.1) is 11.6 Å². The van der Waals surface area contributed by atoms with Crippen molar-refractivity contribution in [3.8, 4) is 0 Å². The molecule has 1 N–H and O–H groups in total. The Hall–Kier alpha value is -3.94. The number of aliphatic hydroxyl groups is 1. The first-order valence-electron chi connectivity index (χ1n) is 8.55. The summed E-state index contributed by atoms with van der Waals surface area (Å²) in [5, 5.41) is 10.8. The highest BCUT2D eigenvalue weighted by Crippen LogP contribution is 2.42. The van der Waals surface area contributed by atoms with Crippen LogP contribution < -0.4 is 4.90 Å². The van der Waals surface area contributed by atoms with Gasteiger partial charge in [-0.3, -0.25) is 24.5 Å². The zero-order chi connectivity index (χ0) is 20.5. The number of aliphatic hydroxyl groups excluding tert-OH is 1. The molecule has 0 bridgehead atoms. The predicted octanol–water partition coefficient (Wildman–Crippen LogP) is 3.38. The molecule has 29 heavy (non-hydrogen) atoms. The average molecular weight is 393 g/mol. The van der Waals surface area contributed by atoms with Crippen molar-refractivity contribution in [2.24, 2.45) is 0 Å². The predicted molar refractivity (Wildman–Crippen MR) is 99.6 cm³/mol. The van der Waals surface area contributed by atoms with Gasteiger partial charge in [-0.05, 0) is 42.0 Å². The number of amides is 1. The van der Waals surface area contributed by atoms with Crippen molar-refractivity contribution in [1.29, 1.82) is 0 Å². The quantitative estimate of drug-likeness (QED) is 0.419. The first kappa shape index (κ1) is 18.4. The summed E-state index contributed by atoms with van der Waals surface area (Å²) < 4.78 is 27.9. The van der Waals surface area contributed by atoms with E-state index in [1.807, 2.05) is 0 Å². The number of anilines is 1. The lowest BCUT2D eigenvalue weighted by atomic mass is 9.96. The Kier molecular flexibility index (Phi) is 4.59. The Morgan fingerprint density at radius 2 is 1.55 bits per heavy atom. The van der Waals surface area contributed by atoms with E-state index in [0.717, 1.165) is 17.0 Å². The average Bonchev–Trinajstić information content (AvgIpc) is 3.00.